The monoisotopic (exact) mass is 423 g/mol. The number of amides is 2. The van der Waals surface area contributed by atoms with Gasteiger partial charge in [-0.1, -0.05) is 13.8 Å². The molecule has 162 valence electrons. The van der Waals surface area contributed by atoms with E-state index in [2.05, 4.69) is 13.8 Å². The van der Waals surface area contributed by atoms with Crippen molar-refractivity contribution in [3.63, 3.8) is 0 Å². The molecule has 0 bridgehead atoms. The zero-order chi connectivity index (χ0) is 21.8. The fourth-order valence-electron chi connectivity index (χ4n) is 3.89. The van der Waals surface area contributed by atoms with Crippen molar-refractivity contribution < 1.29 is 18.0 Å². The molecule has 0 saturated carbocycles. The van der Waals surface area contributed by atoms with Gasteiger partial charge < -0.3 is 9.80 Å². The predicted octanol–water partition coefficient (Wildman–Crippen LogP) is 2.29. The van der Waals surface area contributed by atoms with Gasteiger partial charge in [0.25, 0.3) is 5.91 Å². The Balaban J connectivity index is 2.10. The smallest absolute Gasteiger partial charge is 0.254 e. The van der Waals surface area contributed by atoms with E-state index in [9.17, 15) is 18.0 Å². The van der Waals surface area contributed by atoms with Crippen LogP contribution in [0.2, 0.25) is 0 Å². The lowest BCUT2D eigenvalue weighted by Gasteiger charge is -2.34. The number of nitrogens with zero attached hydrogens (tertiary/aromatic N) is 3. The van der Waals surface area contributed by atoms with E-state index in [-0.39, 0.29) is 23.3 Å². The van der Waals surface area contributed by atoms with Crippen molar-refractivity contribution in [1.29, 1.82) is 0 Å². The van der Waals surface area contributed by atoms with Crippen molar-refractivity contribution in [2.75, 3.05) is 39.8 Å². The molecule has 0 unspecified atom stereocenters. The van der Waals surface area contributed by atoms with Gasteiger partial charge in [0.05, 0.1) is 11.4 Å². The molecule has 0 N–H and O–H groups in total. The Morgan fingerprint density at radius 2 is 1.55 bits per heavy atom. The zero-order valence-corrected chi connectivity index (χ0v) is 18.9. The van der Waals surface area contributed by atoms with Crippen molar-refractivity contribution in [3.05, 3.63) is 29.8 Å². The van der Waals surface area contributed by atoms with E-state index in [0.29, 0.717) is 43.6 Å². The van der Waals surface area contributed by atoms with E-state index in [1.165, 1.54) is 33.5 Å². The summed E-state index contributed by atoms with van der Waals surface area (Å²) >= 11 is 0. The van der Waals surface area contributed by atoms with E-state index < -0.39 is 10.0 Å². The quantitative estimate of drug-likeness (QED) is 0.674. The molecule has 29 heavy (non-hydrogen) atoms. The molecular weight excluding hydrogens is 390 g/mol. The first-order valence-corrected chi connectivity index (χ1v) is 11.7. The van der Waals surface area contributed by atoms with Crippen LogP contribution in [0.5, 0.6) is 0 Å². The second-order valence-corrected chi connectivity index (χ2v) is 9.96. The molecule has 0 radical (unpaired) electrons. The molecule has 7 nitrogen and oxygen atoms in total. The van der Waals surface area contributed by atoms with E-state index in [0.717, 1.165) is 6.42 Å². The SMILES string of the molecule is CCN(CC)C(=O)CN(C)C(=O)c1ccc(S(=O)(=O)N2C[C@@H](C)C[C@H](C)C2)cc1. The van der Waals surface area contributed by atoms with Crippen LogP contribution < -0.4 is 0 Å². The maximum atomic E-state index is 13.0. The van der Waals surface area contributed by atoms with Crippen molar-refractivity contribution in [2.24, 2.45) is 11.8 Å². The Morgan fingerprint density at radius 3 is 2.03 bits per heavy atom. The van der Waals surface area contributed by atoms with Gasteiger partial charge in [-0.2, -0.15) is 4.31 Å². The lowest BCUT2D eigenvalue weighted by Crippen LogP contribution is -2.42. The molecule has 2 rings (SSSR count). The molecule has 8 heteroatoms. The first-order chi connectivity index (χ1) is 13.6. The second-order valence-electron chi connectivity index (χ2n) is 8.02. The highest BCUT2D eigenvalue weighted by molar-refractivity contribution is 7.89. The highest BCUT2D eigenvalue weighted by Gasteiger charge is 2.31. The van der Waals surface area contributed by atoms with Gasteiger partial charge in [-0.15, -0.1) is 0 Å². The van der Waals surface area contributed by atoms with E-state index in [4.69, 9.17) is 0 Å². The minimum atomic E-state index is -3.58. The van der Waals surface area contributed by atoms with Crippen LogP contribution in [0.1, 0.15) is 44.5 Å². The van der Waals surface area contributed by atoms with E-state index in [1.807, 2.05) is 13.8 Å². The molecule has 1 aliphatic heterocycles. The molecule has 1 aromatic carbocycles. The average Bonchev–Trinajstić information content (AvgIpc) is 2.67. The number of benzene rings is 1. The highest BCUT2D eigenvalue weighted by Crippen LogP contribution is 2.26. The standard InChI is InChI=1S/C21H33N3O4S/c1-6-23(7-2)20(25)15-22(5)21(26)18-8-10-19(11-9-18)29(27,28)24-13-16(3)12-17(4)14-24/h8-11,16-17H,6-7,12-15H2,1-5H3/t16-,17-/m0/s1. The largest absolute Gasteiger partial charge is 0.342 e. The molecule has 1 fully saturated rings. The fourth-order valence-corrected chi connectivity index (χ4v) is 5.57. The Kier molecular flexibility index (Phi) is 7.82. The van der Waals surface area contributed by atoms with Crippen LogP contribution >= 0.6 is 0 Å². The summed E-state index contributed by atoms with van der Waals surface area (Å²) < 4.78 is 27.5. The van der Waals surface area contributed by atoms with Crippen molar-refractivity contribution in [3.8, 4) is 0 Å². The number of hydrogen-bond donors (Lipinski definition) is 0. The maximum absolute atomic E-state index is 13.0. The van der Waals surface area contributed by atoms with E-state index in [1.54, 1.807) is 11.9 Å². The lowest BCUT2D eigenvalue weighted by molar-refractivity contribution is -0.131. The van der Waals surface area contributed by atoms with Crippen LogP contribution in [-0.2, 0) is 14.8 Å². The second kappa shape index (κ2) is 9.71. The maximum Gasteiger partial charge on any atom is 0.254 e. The van der Waals surface area contributed by atoms with Gasteiger partial charge in [-0.25, -0.2) is 8.42 Å². The van der Waals surface area contributed by atoms with Crippen molar-refractivity contribution in [1.82, 2.24) is 14.1 Å². The van der Waals surface area contributed by atoms with Crippen LogP contribution in [0.4, 0.5) is 0 Å². The summed E-state index contributed by atoms with van der Waals surface area (Å²) in [5, 5.41) is 0. The molecule has 0 aliphatic carbocycles. The third kappa shape index (κ3) is 5.57. The molecule has 1 aromatic rings. The van der Waals surface area contributed by atoms with Crippen LogP contribution in [-0.4, -0.2) is 74.1 Å². The summed E-state index contributed by atoms with van der Waals surface area (Å²) in [7, 11) is -2.01. The van der Waals surface area contributed by atoms with Gasteiger partial charge >= 0.3 is 0 Å². The molecule has 0 spiro atoms. The molecule has 1 heterocycles. The molecule has 1 saturated heterocycles. The summed E-state index contributed by atoms with van der Waals surface area (Å²) in [6.45, 7) is 10.1. The van der Waals surface area contributed by atoms with Gasteiger partial charge in [0, 0.05) is 38.8 Å². The highest BCUT2D eigenvalue weighted by atomic mass is 32.2. The number of carbonyl (C=O) groups is 2. The molecule has 2 atom stereocenters. The van der Waals surface area contributed by atoms with E-state index >= 15 is 0 Å². The van der Waals surface area contributed by atoms with Crippen molar-refractivity contribution >= 4 is 21.8 Å². The number of hydrogen-bond acceptors (Lipinski definition) is 4. The molecular formula is C21H33N3O4S. The fraction of sp³-hybridized carbons (Fsp3) is 0.619. The summed E-state index contributed by atoms with van der Waals surface area (Å²) in [5.74, 6) is 0.228. The van der Waals surface area contributed by atoms with Gasteiger partial charge in [-0.3, -0.25) is 9.59 Å². The third-order valence-electron chi connectivity index (χ3n) is 5.41. The van der Waals surface area contributed by atoms with Gasteiger partial charge in [0.1, 0.15) is 0 Å². The Morgan fingerprint density at radius 1 is 1.03 bits per heavy atom. The summed E-state index contributed by atoms with van der Waals surface area (Å²) in [6.07, 6.45) is 1.03. The minimum Gasteiger partial charge on any atom is -0.342 e. The molecule has 2 amide bonds. The summed E-state index contributed by atoms with van der Waals surface area (Å²) in [5.41, 5.74) is 0.360. The zero-order valence-electron chi connectivity index (χ0n) is 18.1. The summed E-state index contributed by atoms with van der Waals surface area (Å²) in [4.78, 5) is 28.1. The summed E-state index contributed by atoms with van der Waals surface area (Å²) in [6, 6.07) is 5.99. The Bertz CT molecular complexity index is 809. The number of likely N-dealkylation sites (N-methyl/N-ethyl adjacent to an activating group) is 2. The van der Waals surface area contributed by atoms with Crippen LogP contribution in [0.25, 0.3) is 0 Å². The third-order valence-corrected chi connectivity index (χ3v) is 7.26. The van der Waals surface area contributed by atoms with Gasteiger partial charge in [0.2, 0.25) is 15.9 Å². The topological polar surface area (TPSA) is 78.0 Å². The lowest BCUT2D eigenvalue weighted by atomic mass is 9.94. The van der Waals surface area contributed by atoms with Crippen LogP contribution in [0.3, 0.4) is 0 Å². The molecule has 0 aromatic heterocycles. The molecule has 1 aliphatic rings. The van der Waals surface area contributed by atoms with Gasteiger partial charge in [-0.05, 0) is 56.4 Å². The number of sulfonamides is 1. The van der Waals surface area contributed by atoms with Crippen LogP contribution in [0.15, 0.2) is 29.2 Å². The minimum absolute atomic E-state index is 0.00980. The Hall–Kier alpha value is -1.93. The van der Waals surface area contributed by atoms with Crippen LogP contribution in [0, 0.1) is 11.8 Å². The number of piperidine rings is 1. The average molecular weight is 424 g/mol. The predicted molar refractivity (Wildman–Crippen MR) is 113 cm³/mol. The number of rotatable bonds is 7. The Labute approximate surface area is 174 Å². The van der Waals surface area contributed by atoms with Crippen molar-refractivity contribution in [2.45, 2.75) is 39.0 Å². The first kappa shape index (κ1) is 23.3. The normalized spacial score (nSPS) is 20.3. The van der Waals surface area contributed by atoms with Gasteiger partial charge in [0.15, 0.2) is 0 Å². The first-order valence-electron chi connectivity index (χ1n) is 10.2. The number of carbonyl (C=O) groups excluding carboxylic acids is 2.